The van der Waals surface area contributed by atoms with Crippen molar-refractivity contribution < 1.29 is 4.52 Å². The second-order valence-electron chi connectivity index (χ2n) is 4.04. The van der Waals surface area contributed by atoms with E-state index in [4.69, 9.17) is 4.52 Å². The third-order valence-corrected chi connectivity index (χ3v) is 2.64. The zero-order chi connectivity index (χ0) is 12.4. The second-order valence-corrected chi connectivity index (χ2v) is 4.04. The van der Waals surface area contributed by atoms with Gasteiger partial charge in [-0.25, -0.2) is 0 Å². The Bertz CT molecular complexity index is 483. The van der Waals surface area contributed by atoms with Crippen LogP contribution in [0.2, 0.25) is 0 Å². The minimum atomic E-state index is 0.144. The van der Waals surface area contributed by atoms with Gasteiger partial charge in [0.15, 0.2) is 5.82 Å². The van der Waals surface area contributed by atoms with Crippen molar-refractivity contribution in [1.82, 2.24) is 30.7 Å². The summed E-state index contributed by atoms with van der Waals surface area (Å²) in [7, 11) is 1.74. The largest absolute Gasteiger partial charge is 0.361 e. The molecule has 0 saturated heterocycles. The van der Waals surface area contributed by atoms with Crippen LogP contribution in [0.5, 0.6) is 0 Å². The number of tetrazole rings is 1. The summed E-state index contributed by atoms with van der Waals surface area (Å²) in [6, 6.07) is 0.144. The minimum Gasteiger partial charge on any atom is -0.361 e. The lowest BCUT2D eigenvalue weighted by Crippen LogP contribution is -2.20. The van der Waals surface area contributed by atoms with Crippen molar-refractivity contribution in [3.8, 4) is 0 Å². The normalized spacial score (nSPS) is 12.9. The molecule has 2 rings (SSSR count). The number of nitrogens with zero attached hydrogens (tertiary/aromatic N) is 5. The molecular formula is C10H16N6O. The molecule has 2 heterocycles. The van der Waals surface area contributed by atoms with Gasteiger partial charge in [-0.3, -0.25) is 0 Å². The van der Waals surface area contributed by atoms with E-state index in [0.717, 1.165) is 17.0 Å². The van der Waals surface area contributed by atoms with E-state index in [1.165, 1.54) is 4.80 Å². The van der Waals surface area contributed by atoms with E-state index in [1.54, 1.807) is 7.05 Å². The zero-order valence-corrected chi connectivity index (χ0v) is 10.4. The third kappa shape index (κ3) is 2.50. The van der Waals surface area contributed by atoms with Crippen molar-refractivity contribution in [3.63, 3.8) is 0 Å². The Morgan fingerprint density at radius 1 is 1.41 bits per heavy atom. The molecule has 0 saturated carbocycles. The summed E-state index contributed by atoms with van der Waals surface area (Å²) in [6.07, 6.45) is 0. The van der Waals surface area contributed by atoms with Crippen molar-refractivity contribution in [2.24, 2.45) is 7.05 Å². The lowest BCUT2D eigenvalue weighted by Gasteiger charge is -2.11. The molecule has 0 aliphatic rings. The fourth-order valence-electron chi connectivity index (χ4n) is 1.85. The summed E-state index contributed by atoms with van der Waals surface area (Å²) in [5.41, 5.74) is 2.00. The average molecular weight is 236 g/mol. The molecule has 7 heteroatoms. The molecule has 17 heavy (non-hydrogen) atoms. The second kappa shape index (κ2) is 4.62. The van der Waals surface area contributed by atoms with Gasteiger partial charge >= 0.3 is 0 Å². The number of aromatic nitrogens is 5. The maximum Gasteiger partial charge on any atom is 0.188 e. The predicted octanol–water partition coefficient (Wildman–Crippen LogP) is 0.666. The van der Waals surface area contributed by atoms with Crippen LogP contribution in [-0.4, -0.2) is 25.4 Å². The highest BCUT2D eigenvalue weighted by atomic mass is 16.5. The van der Waals surface area contributed by atoms with Crippen LogP contribution < -0.4 is 5.32 Å². The lowest BCUT2D eigenvalue weighted by molar-refractivity contribution is 0.390. The van der Waals surface area contributed by atoms with Gasteiger partial charge in [0, 0.05) is 11.6 Å². The van der Waals surface area contributed by atoms with Crippen molar-refractivity contribution in [2.75, 3.05) is 0 Å². The Labute approximate surface area is 99.2 Å². The number of nitrogens with one attached hydrogen (secondary N) is 1. The first-order valence-corrected chi connectivity index (χ1v) is 5.47. The monoisotopic (exact) mass is 236 g/mol. The molecule has 0 aromatic carbocycles. The Kier molecular flexibility index (Phi) is 3.19. The van der Waals surface area contributed by atoms with Crippen molar-refractivity contribution in [2.45, 2.75) is 33.4 Å². The van der Waals surface area contributed by atoms with Gasteiger partial charge in [-0.05, 0) is 26.0 Å². The molecule has 0 aliphatic heterocycles. The number of hydrogen-bond donors (Lipinski definition) is 1. The van der Waals surface area contributed by atoms with Gasteiger partial charge in [0.25, 0.3) is 0 Å². The highest BCUT2D eigenvalue weighted by Gasteiger charge is 2.16. The number of rotatable bonds is 4. The molecule has 7 nitrogen and oxygen atoms in total. The lowest BCUT2D eigenvalue weighted by atomic mass is 10.1. The highest BCUT2D eigenvalue weighted by molar-refractivity contribution is 5.24. The molecule has 0 amide bonds. The Hall–Kier alpha value is -1.76. The van der Waals surface area contributed by atoms with Crippen LogP contribution in [0.4, 0.5) is 0 Å². The smallest absolute Gasteiger partial charge is 0.188 e. The topological polar surface area (TPSA) is 81.7 Å². The Balaban J connectivity index is 2.00. The fraction of sp³-hybridized carbons (Fsp3) is 0.600. The van der Waals surface area contributed by atoms with E-state index in [9.17, 15) is 0 Å². The molecule has 0 spiro atoms. The first-order valence-electron chi connectivity index (χ1n) is 5.47. The Morgan fingerprint density at radius 3 is 2.71 bits per heavy atom. The Morgan fingerprint density at radius 2 is 2.18 bits per heavy atom. The van der Waals surface area contributed by atoms with Crippen LogP contribution in [0, 0.1) is 13.8 Å². The average Bonchev–Trinajstić information content (AvgIpc) is 2.83. The summed E-state index contributed by atoms with van der Waals surface area (Å²) in [6.45, 7) is 6.47. The summed E-state index contributed by atoms with van der Waals surface area (Å²) >= 11 is 0. The first-order chi connectivity index (χ1) is 8.08. The van der Waals surface area contributed by atoms with Gasteiger partial charge in [0.2, 0.25) is 0 Å². The van der Waals surface area contributed by atoms with Crippen molar-refractivity contribution in [1.29, 1.82) is 0 Å². The standard InChI is InChI=1S/C10H16N6O/c1-6(10-7(2)14-17-8(10)3)11-5-9-12-15-16(4)13-9/h6,11H,5H2,1-4H3. The molecule has 0 fully saturated rings. The van der Waals surface area contributed by atoms with E-state index < -0.39 is 0 Å². The molecule has 1 unspecified atom stereocenters. The van der Waals surface area contributed by atoms with Crippen LogP contribution in [0.3, 0.4) is 0 Å². The maximum atomic E-state index is 5.13. The van der Waals surface area contributed by atoms with Crippen LogP contribution in [0.1, 0.15) is 35.8 Å². The van der Waals surface area contributed by atoms with Crippen LogP contribution in [-0.2, 0) is 13.6 Å². The van der Waals surface area contributed by atoms with E-state index in [1.807, 2.05) is 13.8 Å². The SMILES string of the molecule is Cc1noc(C)c1C(C)NCc1nnn(C)n1. The first kappa shape index (κ1) is 11.7. The molecule has 0 bridgehead atoms. The number of aryl methyl sites for hydroxylation is 3. The third-order valence-electron chi connectivity index (χ3n) is 2.64. The summed E-state index contributed by atoms with van der Waals surface area (Å²) < 4.78 is 5.13. The van der Waals surface area contributed by atoms with Gasteiger partial charge in [0.05, 0.1) is 19.3 Å². The van der Waals surface area contributed by atoms with Gasteiger partial charge in [-0.15, -0.1) is 10.2 Å². The minimum absolute atomic E-state index is 0.144. The van der Waals surface area contributed by atoms with E-state index >= 15 is 0 Å². The summed E-state index contributed by atoms with van der Waals surface area (Å²) in [5.74, 6) is 1.51. The number of hydrogen-bond acceptors (Lipinski definition) is 6. The van der Waals surface area contributed by atoms with E-state index in [2.05, 4.69) is 32.8 Å². The van der Waals surface area contributed by atoms with Crippen molar-refractivity contribution >= 4 is 0 Å². The molecule has 2 aromatic heterocycles. The molecule has 92 valence electrons. The van der Waals surface area contributed by atoms with Gasteiger partial charge < -0.3 is 9.84 Å². The predicted molar refractivity (Wildman–Crippen MR) is 60.0 cm³/mol. The molecule has 0 radical (unpaired) electrons. The summed E-state index contributed by atoms with van der Waals surface area (Å²) in [4.78, 5) is 1.44. The van der Waals surface area contributed by atoms with Gasteiger partial charge in [-0.2, -0.15) is 4.80 Å². The molecule has 0 aliphatic carbocycles. The zero-order valence-electron chi connectivity index (χ0n) is 10.4. The van der Waals surface area contributed by atoms with Crippen molar-refractivity contribution in [3.05, 3.63) is 22.8 Å². The van der Waals surface area contributed by atoms with E-state index in [-0.39, 0.29) is 6.04 Å². The van der Waals surface area contributed by atoms with Crippen LogP contribution in [0.15, 0.2) is 4.52 Å². The quantitative estimate of drug-likeness (QED) is 0.840. The molecular weight excluding hydrogens is 220 g/mol. The molecule has 2 aromatic rings. The van der Waals surface area contributed by atoms with Crippen LogP contribution in [0.25, 0.3) is 0 Å². The van der Waals surface area contributed by atoms with Gasteiger partial charge in [0.1, 0.15) is 5.76 Å². The molecule has 1 atom stereocenters. The fourth-order valence-corrected chi connectivity index (χ4v) is 1.85. The van der Waals surface area contributed by atoms with Gasteiger partial charge in [-0.1, -0.05) is 5.16 Å². The van der Waals surface area contributed by atoms with E-state index in [0.29, 0.717) is 12.4 Å². The summed E-state index contributed by atoms with van der Waals surface area (Å²) in [5, 5.41) is 19.0. The maximum absolute atomic E-state index is 5.13. The molecule has 1 N–H and O–H groups in total. The van der Waals surface area contributed by atoms with Crippen LogP contribution >= 0.6 is 0 Å². The highest BCUT2D eigenvalue weighted by Crippen LogP contribution is 2.20.